The molecule has 0 bridgehead atoms. The van der Waals surface area contributed by atoms with Crippen molar-refractivity contribution >= 4 is 114 Å². The quantitative estimate of drug-likeness (QED) is 0.00828. The SMILES string of the molecule is C=C(C)C(=O)OCCN=C=O.C=C(C)C(=O)OCCNC(=O)OCCCCCC(=O)OCC(CC)(COC(=O)CCCCCOC(=O)NCCCCC(N=C=O)C(=O)OC)COC(=O)CCCCCOC(=O)NCCCCC(N=C=O)C(=O)OC.CCC(COC(=O)CCCCCO)(COC(=O)CCCCCO)COC(=O)CCCCCO.CCCC(N=C=O)C(N=C=O)C(=O)OC. The fraction of sp³-hybridized carbons (Fsp3) is 0.742. The van der Waals surface area contributed by atoms with Gasteiger partial charge in [-0.25, -0.2) is 67.3 Å². The number of hydrogen-bond donors (Lipinski definition) is 6. The standard InChI is InChI=1S/C49H77N5O20.C24H44O9.C9H12N2O4.C7H9NO3/c1-6-49(34-74-42(59)24-12-9-19-30-71-48(65)52-27-31-68-43(60)37(2)3,32-72-40(57)22-10-7-17-28-69-46(63)50-25-15-13-20-38(53-35-55)44(61)66-4)33-73-41(58)23-11-8-18-29-70-47(64)51-26-16-14-21-39(54-36-56)45(62)67-5;1-2-24(18-31-21(28)12-6-3-9-15-25,19-32-22(29)13-7-4-10-16-26)20-33-23(30)14-8-5-11-17-27;1-3-4-7(10-5-12)8(11-6-13)9(14)15-2;1-6(2)7(10)11-4-3-8-5-9/h38-39H,2,6-34H2,1,3-5H3,(H,50,63)(H,51,64)(H,52,65);25-27H,2-20H2,1H3;7-8H,3-4H2,1-2H3;1,3-4H2,2H3. The van der Waals surface area contributed by atoms with Gasteiger partial charge in [0.1, 0.15) is 52.9 Å². The number of unbranched alkanes of at least 4 members (excludes halogenated alkanes) is 14. The molecule has 0 aromatic heterocycles. The van der Waals surface area contributed by atoms with Crippen molar-refractivity contribution in [3.05, 3.63) is 24.3 Å². The smallest absolute Gasteiger partial charge is 0.407 e. The molecule has 0 heterocycles. The Morgan fingerprint density at radius 2 is 0.632 bits per heavy atom. The Bertz CT molecular complexity index is 3470. The Balaban J connectivity index is -0.00000113. The third-order valence-electron chi connectivity index (χ3n) is 18.9. The van der Waals surface area contributed by atoms with Crippen molar-refractivity contribution in [3.8, 4) is 0 Å². The summed E-state index contributed by atoms with van der Waals surface area (Å²) in [4.78, 5) is 235. The van der Waals surface area contributed by atoms with Crippen LogP contribution in [0.25, 0.3) is 0 Å². The maximum absolute atomic E-state index is 12.8. The van der Waals surface area contributed by atoms with Crippen molar-refractivity contribution in [2.45, 2.75) is 277 Å². The van der Waals surface area contributed by atoms with Crippen LogP contribution in [-0.2, 0) is 143 Å². The first-order valence-electron chi connectivity index (χ1n) is 44.6. The second-order valence-electron chi connectivity index (χ2n) is 30.0. The number of aliphatic hydroxyl groups is 3. The molecule has 4 unspecified atom stereocenters. The number of rotatable bonds is 75. The molecule has 44 heteroatoms. The van der Waals surface area contributed by atoms with E-state index >= 15 is 0 Å². The predicted octanol–water partition coefficient (Wildman–Crippen LogP) is 8.57. The number of aliphatic hydroxyl groups excluding tert-OH is 3. The number of carbonyl (C=O) groups excluding carboxylic acids is 19. The number of amides is 3. The highest BCUT2D eigenvalue weighted by molar-refractivity contribution is 5.87. The lowest BCUT2D eigenvalue weighted by molar-refractivity contribution is -0.165. The van der Waals surface area contributed by atoms with Gasteiger partial charge in [0.15, 0.2) is 18.1 Å². The molecule has 0 rings (SSSR count). The van der Waals surface area contributed by atoms with Crippen molar-refractivity contribution in [1.29, 1.82) is 0 Å². The van der Waals surface area contributed by atoms with Crippen LogP contribution in [0.15, 0.2) is 49.3 Å². The molecule has 0 aliphatic heterocycles. The van der Waals surface area contributed by atoms with Crippen molar-refractivity contribution < 1.29 is 173 Å². The minimum atomic E-state index is -1.10. The molecule has 3 amide bonds. The fourth-order valence-electron chi connectivity index (χ4n) is 10.7. The molecule has 0 fully saturated rings. The topological polar surface area (TPSA) is 612 Å². The zero-order valence-electron chi connectivity index (χ0n) is 78.5. The average molecular weight is 1900 g/mol. The molecule has 44 nitrogen and oxygen atoms in total. The third-order valence-corrected chi connectivity index (χ3v) is 18.9. The van der Waals surface area contributed by atoms with Gasteiger partial charge in [-0.2, -0.15) is 20.0 Å². The lowest BCUT2D eigenvalue weighted by Crippen LogP contribution is -2.39. The molecule has 0 saturated heterocycles. The van der Waals surface area contributed by atoms with Crippen LogP contribution in [-0.4, -0.2) is 294 Å². The summed E-state index contributed by atoms with van der Waals surface area (Å²) < 4.78 is 71.6. The van der Waals surface area contributed by atoms with Crippen LogP contribution < -0.4 is 16.0 Å². The van der Waals surface area contributed by atoms with Gasteiger partial charge in [0.2, 0.25) is 30.4 Å². The van der Waals surface area contributed by atoms with Crippen LogP contribution >= 0.6 is 0 Å². The van der Waals surface area contributed by atoms with E-state index in [1.165, 1.54) is 58.7 Å². The summed E-state index contributed by atoms with van der Waals surface area (Å²) in [5.74, 6) is -5.75. The summed E-state index contributed by atoms with van der Waals surface area (Å²) in [5, 5.41) is 34.1. The number of carbonyl (C=O) groups is 14. The lowest BCUT2D eigenvalue weighted by atomic mass is 9.88. The monoisotopic (exact) mass is 1900 g/mol. The van der Waals surface area contributed by atoms with Gasteiger partial charge in [0, 0.05) is 82.6 Å². The van der Waals surface area contributed by atoms with Gasteiger partial charge >= 0.3 is 83.9 Å². The van der Waals surface area contributed by atoms with E-state index in [0.717, 1.165) is 19.3 Å². The van der Waals surface area contributed by atoms with E-state index in [9.17, 15) is 91.1 Å². The second kappa shape index (κ2) is 88.2. The highest BCUT2D eigenvalue weighted by atomic mass is 16.6. The van der Waals surface area contributed by atoms with E-state index in [1.807, 2.05) is 13.8 Å². The van der Waals surface area contributed by atoms with Gasteiger partial charge in [-0.3, -0.25) is 28.8 Å². The number of ether oxygens (including phenoxy) is 14. The third kappa shape index (κ3) is 75.5. The molecule has 0 aliphatic rings. The van der Waals surface area contributed by atoms with Gasteiger partial charge < -0.3 is 97.6 Å². The van der Waals surface area contributed by atoms with Crippen molar-refractivity contribution in [2.75, 3.05) is 140 Å². The zero-order valence-corrected chi connectivity index (χ0v) is 78.5. The molecule has 6 N–H and O–H groups in total. The van der Waals surface area contributed by atoms with E-state index in [-0.39, 0.29) is 194 Å². The van der Waals surface area contributed by atoms with Crippen molar-refractivity contribution in [3.63, 3.8) is 0 Å². The minimum absolute atomic E-state index is 0.0298. The minimum Gasteiger partial charge on any atom is -0.467 e. The molecule has 4 atom stereocenters. The van der Waals surface area contributed by atoms with E-state index in [0.29, 0.717) is 153 Å². The molecular weight excluding hydrogens is 1760 g/mol. The fourth-order valence-corrected chi connectivity index (χ4v) is 10.7. The molecular formula is C89H142N8O36. The number of nitrogens with zero attached hydrogens (tertiary/aromatic N) is 5. The van der Waals surface area contributed by atoms with Gasteiger partial charge in [-0.15, -0.1) is 0 Å². The molecule has 0 aliphatic carbocycles. The lowest BCUT2D eigenvalue weighted by Gasteiger charge is -2.31. The Kier molecular flexibility index (Phi) is 84.5. The Morgan fingerprint density at radius 3 is 0.902 bits per heavy atom. The van der Waals surface area contributed by atoms with Crippen LogP contribution in [0.4, 0.5) is 14.4 Å². The van der Waals surface area contributed by atoms with Crippen molar-refractivity contribution in [2.24, 2.45) is 35.8 Å². The van der Waals surface area contributed by atoms with Crippen molar-refractivity contribution in [1.82, 2.24) is 16.0 Å². The summed E-state index contributed by atoms with van der Waals surface area (Å²) in [7, 11) is 3.55. The Morgan fingerprint density at radius 1 is 0.331 bits per heavy atom. The number of hydrogen-bond acceptors (Lipinski definition) is 41. The zero-order chi connectivity index (χ0) is 100. The Hall–Kier alpha value is -11.8. The maximum atomic E-state index is 12.8. The van der Waals surface area contributed by atoms with E-state index in [4.69, 9.17) is 62.7 Å². The first-order chi connectivity index (χ1) is 63.9. The molecule has 754 valence electrons. The molecule has 0 aromatic rings. The predicted molar refractivity (Wildman–Crippen MR) is 472 cm³/mol. The van der Waals surface area contributed by atoms with Crippen LogP contribution in [0, 0.1) is 10.8 Å². The largest absolute Gasteiger partial charge is 0.467 e. The van der Waals surface area contributed by atoms with Gasteiger partial charge in [-0.1, -0.05) is 59.6 Å². The van der Waals surface area contributed by atoms with Gasteiger partial charge in [0.25, 0.3) is 0 Å². The Labute approximate surface area is 777 Å². The second-order valence-corrected chi connectivity index (χ2v) is 30.0. The maximum Gasteiger partial charge on any atom is 0.407 e. The van der Waals surface area contributed by atoms with Gasteiger partial charge in [0.05, 0.1) is 71.1 Å². The summed E-state index contributed by atoms with van der Waals surface area (Å²) in [6, 6.07) is -3.69. The van der Waals surface area contributed by atoms with Crippen LogP contribution in [0.2, 0.25) is 0 Å². The number of aliphatic imine (C=N–C) groups is 5. The molecule has 0 aromatic carbocycles. The van der Waals surface area contributed by atoms with Crippen LogP contribution in [0.3, 0.4) is 0 Å². The highest BCUT2D eigenvalue weighted by Gasteiger charge is 2.36. The van der Waals surface area contributed by atoms with E-state index in [1.54, 1.807) is 13.8 Å². The normalized spacial score (nSPS) is 11.6. The number of isocyanates is 5. The summed E-state index contributed by atoms with van der Waals surface area (Å²) >= 11 is 0. The molecule has 0 saturated carbocycles. The molecule has 133 heavy (non-hydrogen) atoms. The summed E-state index contributed by atoms with van der Waals surface area (Å²) in [6.07, 6.45) is 20.2. The number of nitrogens with one attached hydrogen (secondary N) is 3. The van der Waals surface area contributed by atoms with E-state index < -0.39 is 101 Å². The van der Waals surface area contributed by atoms with E-state index in [2.05, 4.69) is 73.0 Å². The molecule has 0 spiro atoms. The average Bonchev–Trinajstić information content (AvgIpc) is 0.865. The number of esters is 11. The summed E-state index contributed by atoms with van der Waals surface area (Å²) in [5.41, 5.74) is -1.32. The first-order valence-corrected chi connectivity index (χ1v) is 44.6. The first kappa shape index (κ1) is 128. The van der Waals surface area contributed by atoms with Gasteiger partial charge in [-0.05, 0) is 168 Å². The van der Waals surface area contributed by atoms with Crippen LogP contribution in [0.5, 0.6) is 0 Å². The molecule has 0 radical (unpaired) electrons. The highest BCUT2D eigenvalue weighted by Crippen LogP contribution is 2.28. The summed E-state index contributed by atoms with van der Waals surface area (Å²) in [6.45, 7) is 16.1. The number of methoxy groups -OCH3 is 3. The number of alkyl carbamates (subject to hydrolysis) is 3. The van der Waals surface area contributed by atoms with Crippen LogP contribution in [0.1, 0.15) is 253 Å².